The maximum absolute atomic E-state index is 13.8. The van der Waals surface area contributed by atoms with E-state index < -0.39 is 11.9 Å². The summed E-state index contributed by atoms with van der Waals surface area (Å²) in [5.41, 5.74) is 6.80. The van der Waals surface area contributed by atoms with Crippen LogP contribution in [-0.2, 0) is 0 Å². The van der Waals surface area contributed by atoms with E-state index >= 15 is 0 Å². The molecule has 20 heavy (non-hydrogen) atoms. The monoisotopic (exact) mass is 357 g/mol. The van der Waals surface area contributed by atoms with Gasteiger partial charge in [0.25, 0.3) is 0 Å². The summed E-state index contributed by atoms with van der Waals surface area (Å²) in [6.45, 7) is 1.81. The van der Waals surface area contributed by atoms with Crippen molar-refractivity contribution in [2.24, 2.45) is 5.73 Å². The minimum absolute atomic E-state index is 0.164. The minimum Gasteiger partial charge on any atom is -0.481 e. The number of hydrogen-bond donors (Lipinski definition) is 1. The molecule has 2 atom stereocenters. The number of ether oxygens (including phenoxy) is 1. The Kier molecular flexibility index (Phi) is 5.02. The van der Waals surface area contributed by atoms with Crippen molar-refractivity contribution in [3.05, 3.63) is 63.3 Å². The highest BCUT2D eigenvalue weighted by atomic mass is 79.9. The summed E-state index contributed by atoms with van der Waals surface area (Å²) in [7, 11) is 0. The first-order valence-electron chi connectivity index (χ1n) is 6.10. The van der Waals surface area contributed by atoms with Gasteiger partial charge < -0.3 is 10.5 Å². The zero-order valence-corrected chi connectivity index (χ0v) is 13.2. The number of halogens is 3. The lowest BCUT2D eigenvalue weighted by Crippen LogP contribution is -2.29. The number of benzene rings is 2. The molecule has 106 valence electrons. The van der Waals surface area contributed by atoms with Crippen LogP contribution in [0.15, 0.2) is 46.9 Å². The van der Waals surface area contributed by atoms with Crippen LogP contribution in [0.5, 0.6) is 5.75 Å². The molecule has 5 heteroatoms. The molecule has 0 aliphatic carbocycles. The molecular formula is C15H14BrClFNO. The van der Waals surface area contributed by atoms with Gasteiger partial charge >= 0.3 is 0 Å². The molecule has 0 saturated carbocycles. The Balaban J connectivity index is 2.30. The third-order valence-electron chi connectivity index (χ3n) is 2.82. The standard InChI is InChI=1S/C15H14BrClFNO/c1-9(19)15(10-2-5-12(17)6-3-10)20-14-8-11(16)4-7-13(14)18/h2-9,15H,19H2,1H3. The quantitative estimate of drug-likeness (QED) is 0.859. The van der Waals surface area contributed by atoms with Crippen LogP contribution in [0.4, 0.5) is 4.39 Å². The molecule has 2 N–H and O–H groups in total. The average Bonchev–Trinajstić information content (AvgIpc) is 2.40. The highest BCUT2D eigenvalue weighted by Crippen LogP contribution is 2.29. The van der Waals surface area contributed by atoms with Gasteiger partial charge in [0, 0.05) is 15.5 Å². The lowest BCUT2D eigenvalue weighted by atomic mass is 10.0. The first kappa shape index (κ1) is 15.3. The molecule has 0 amide bonds. The summed E-state index contributed by atoms with van der Waals surface area (Å²) >= 11 is 9.16. The van der Waals surface area contributed by atoms with E-state index in [1.165, 1.54) is 6.07 Å². The third-order valence-corrected chi connectivity index (χ3v) is 3.57. The van der Waals surface area contributed by atoms with E-state index in [4.69, 9.17) is 22.1 Å². The highest BCUT2D eigenvalue weighted by Gasteiger charge is 2.20. The second-order valence-corrected chi connectivity index (χ2v) is 5.88. The van der Waals surface area contributed by atoms with Crippen LogP contribution in [0.25, 0.3) is 0 Å². The predicted molar refractivity (Wildman–Crippen MR) is 82.6 cm³/mol. The fraction of sp³-hybridized carbons (Fsp3) is 0.200. The van der Waals surface area contributed by atoms with Crippen LogP contribution in [0.1, 0.15) is 18.6 Å². The van der Waals surface area contributed by atoms with Crippen LogP contribution >= 0.6 is 27.5 Å². The van der Waals surface area contributed by atoms with Gasteiger partial charge in [0.05, 0.1) is 0 Å². The van der Waals surface area contributed by atoms with Gasteiger partial charge in [0.15, 0.2) is 11.6 Å². The number of rotatable bonds is 4. The van der Waals surface area contributed by atoms with E-state index in [1.807, 2.05) is 19.1 Å². The number of nitrogens with two attached hydrogens (primary N) is 1. The lowest BCUT2D eigenvalue weighted by Gasteiger charge is -2.23. The Labute approximate surface area is 130 Å². The van der Waals surface area contributed by atoms with Crippen molar-refractivity contribution in [1.82, 2.24) is 0 Å². The fourth-order valence-electron chi connectivity index (χ4n) is 1.84. The van der Waals surface area contributed by atoms with Gasteiger partial charge in [-0.1, -0.05) is 39.7 Å². The zero-order valence-electron chi connectivity index (χ0n) is 10.8. The first-order valence-corrected chi connectivity index (χ1v) is 7.27. The smallest absolute Gasteiger partial charge is 0.165 e. The van der Waals surface area contributed by atoms with Crippen molar-refractivity contribution < 1.29 is 9.13 Å². The third kappa shape index (κ3) is 3.72. The molecule has 2 nitrogen and oxygen atoms in total. The van der Waals surface area contributed by atoms with E-state index in [1.54, 1.807) is 24.3 Å². The minimum atomic E-state index is -0.448. The summed E-state index contributed by atoms with van der Waals surface area (Å²) in [4.78, 5) is 0. The molecule has 0 aromatic heterocycles. The van der Waals surface area contributed by atoms with Crippen molar-refractivity contribution >= 4 is 27.5 Å². The molecule has 2 aromatic rings. The van der Waals surface area contributed by atoms with Crippen molar-refractivity contribution in [2.75, 3.05) is 0 Å². The van der Waals surface area contributed by atoms with E-state index in [2.05, 4.69) is 15.9 Å². The molecule has 0 aliphatic heterocycles. The van der Waals surface area contributed by atoms with Crippen molar-refractivity contribution in [3.8, 4) is 5.75 Å². The molecule has 0 bridgehead atoms. The molecule has 2 rings (SSSR count). The maximum atomic E-state index is 13.8. The molecule has 2 aromatic carbocycles. The van der Waals surface area contributed by atoms with Crippen LogP contribution < -0.4 is 10.5 Å². The van der Waals surface area contributed by atoms with Crippen molar-refractivity contribution in [3.63, 3.8) is 0 Å². The second-order valence-electron chi connectivity index (χ2n) is 4.52. The van der Waals surface area contributed by atoms with Crippen LogP contribution in [0.3, 0.4) is 0 Å². The van der Waals surface area contributed by atoms with Crippen LogP contribution in [0, 0.1) is 5.82 Å². The predicted octanol–water partition coefficient (Wildman–Crippen LogP) is 4.71. The average molecular weight is 359 g/mol. The Morgan fingerprint density at radius 3 is 2.45 bits per heavy atom. The molecule has 0 saturated heterocycles. The Hall–Kier alpha value is -1.10. The van der Waals surface area contributed by atoms with Gasteiger partial charge in [-0.25, -0.2) is 4.39 Å². The van der Waals surface area contributed by atoms with Crippen LogP contribution in [0.2, 0.25) is 5.02 Å². The molecular weight excluding hydrogens is 345 g/mol. The van der Waals surface area contributed by atoms with Gasteiger partial charge in [0.2, 0.25) is 0 Å². The Morgan fingerprint density at radius 1 is 1.20 bits per heavy atom. The molecule has 0 heterocycles. The van der Waals surface area contributed by atoms with E-state index in [0.717, 1.165) is 10.0 Å². The molecule has 0 fully saturated rings. The lowest BCUT2D eigenvalue weighted by molar-refractivity contribution is 0.172. The van der Waals surface area contributed by atoms with E-state index in [0.29, 0.717) is 5.02 Å². The van der Waals surface area contributed by atoms with Crippen molar-refractivity contribution in [2.45, 2.75) is 19.1 Å². The molecule has 0 radical (unpaired) electrons. The zero-order chi connectivity index (χ0) is 14.7. The SMILES string of the molecule is CC(N)C(Oc1cc(Br)ccc1F)c1ccc(Cl)cc1. The molecule has 0 spiro atoms. The van der Waals surface area contributed by atoms with Gasteiger partial charge in [-0.05, 0) is 42.8 Å². The summed E-state index contributed by atoms with van der Waals surface area (Å²) in [5, 5.41) is 0.630. The Morgan fingerprint density at radius 2 is 1.85 bits per heavy atom. The Bertz CT molecular complexity index is 589. The van der Waals surface area contributed by atoms with Gasteiger partial charge in [-0.2, -0.15) is 0 Å². The van der Waals surface area contributed by atoms with E-state index in [-0.39, 0.29) is 11.8 Å². The van der Waals surface area contributed by atoms with E-state index in [9.17, 15) is 4.39 Å². The van der Waals surface area contributed by atoms with Crippen LogP contribution in [-0.4, -0.2) is 6.04 Å². The first-order chi connectivity index (χ1) is 9.47. The van der Waals surface area contributed by atoms with Gasteiger partial charge in [-0.15, -0.1) is 0 Å². The summed E-state index contributed by atoms with van der Waals surface area (Å²) in [6.07, 6.45) is -0.448. The topological polar surface area (TPSA) is 35.2 Å². The molecule has 2 unspecified atom stereocenters. The van der Waals surface area contributed by atoms with Gasteiger partial charge in [-0.3, -0.25) is 0 Å². The molecule has 0 aliphatic rings. The normalized spacial score (nSPS) is 13.8. The summed E-state index contributed by atoms with van der Waals surface area (Å²) < 4.78 is 20.2. The maximum Gasteiger partial charge on any atom is 0.165 e. The summed E-state index contributed by atoms with van der Waals surface area (Å²) in [5.74, 6) is -0.260. The van der Waals surface area contributed by atoms with Gasteiger partial charge in [0.1, 0.15) is 6.10 Å². The van der Waals surface area contributed by atoms with Crippen molar-refractivity contribution in [1.29, 1.82) is 0 Å². The second kappa shape index (κ2) is 6.57. The fourth-order valence-corrected chi connectivity index (χ4v) is 2.30. The number of hydrogen-bond acceptors (Lipinski definition) is 2. The highest BCUT2D eigenvalue weighted by molar-refractivity contribution is 9.10. The largest absolute Gasteiger partial charge is 0.481 e. The summed E-state index contributed by atoms with van der Waals surface area (Å²) in [6, 6.07) is 11.4.